The van der Waals surface area contributed by atoms with Gasteiger partial charge >= 0.3 is 6.18 Å². The maximum Gasteiger partial charge on any atom is 0.389 e. The minimum atomic E-state index is -4.31. The summed E-state index contributed by atoms with van der Waals surface area (Å²) in [5, 5.41) is 3.09. The first kappa shape index (κ1) is 19.1. The third kappa shape index (κ3) is 5.07. The number of alkyl halides is 3. The first-order valence-electron chi connectivity index (χ1n) is 6.84. The molecule has 2 nitrogen and oxygen atoms in total. The van der Waals surface area contributed by atoms with Crippen LogP contribution in [-0.2, 0) is 0 Å². The van der Waals surface area contributed by atoms with Crippen molar-refractivity contribution in [2.45, 2.75) is 25.1 Å². The molecule has 8 heteroatoms. The van der Waals surface area contributed by atoms with Gasteiger partial charge in [-0.25, -0.2) is 8.78 Å². The Bertz CT molecular complexity index is 475. The van der Waals surface area contributed by atoms with Gasteiger partial charge in [-0.05, 0) is 12.5 Å². The van der Waals surface area contributed by atoms with Crippen molar-refractivity contribution in [2.24, 2.45) is 0 Å². The number of nitrogens with one attached hydrogen (secondary N) is 1. The van der Waals surface area contributed by atoms with Crippen molar-refractivity contribution >= 4 is 12.4 Å². The Labute approximate surface area is 132 Å². The fourth-order valence-corrected chi connectivity index (χ4v) is 2.61. The van der Waals surface area contributed by atoms with Gasteiger partial charge in [0.25, 0.3) is 0 Å². The number of piperazine rings is 1. The molecule has 1 aliphatic heterocycles. The van der Waals surface area contributed by atoms with Crippen LogP contribution in [0.15, 0.2) is 18.2 Å². The van der Waals surface area contributed by atoms with E-state index in [1.807, 2.05) is 0 Å². The lowest BCUT2D eigenvalue weighted by Gasteiger charge is -2.35. The smallest absolute Gasteiger partial charge is 0.314 e. The Morgan fingerprint density at radius 1 is 1.14 bits per heavy atom. The van der Waals surface area contributed by atoms with Crippen molar-refractivity contribution in [3.05, 3.63) is 35.4 Å². The third-order valence-corrected chi connectivity index (χ3v) is 3.63. The zero-order chi connectivity index (χ0) is 15.5. The van der Waals surface area contributed by atoms with Gasteiger partial charge in [0.05, 0.1) is 0 Å². The maximum absolute atomic E-state index is 13.9. The average Bonchev–Trinajstić information content (AvgIpc) is 2.43. The van der Waals surface area contributed by atoms with Crippen molar-refractivity contribution < 1.29 is 22.0 Å². The second kappa shape index (κ2) is 8.08. The molecule has 1 aromatic carbocycles. The van der Waals surface area contributed by atoms with E-state index in [1.54, 1.807) is 4.90 Å². The van der Waals surface area contributed by atoms with Crippen LogP contribution in [0.5, 0.6) is 0 Å². The Balaban J connectivity index is 0.00000242. The Morgan fingerprint density at radius 3 is 2.36 bits per heavy atom. The lowest BCUT2D eigenvalue weighted by molar-refractivity contribution is -0.138. The van der Waals surface area contributed by atoms with Gasteiger partial charge in [0.2, 0.25) is 0 Å². The highest BCUT2D eigenvalue weighted by Crippen LogP contribution is 2.33. The zero-order valence-electron chi connectivity index (χ0n) is 11.8. The number of benzene rings is 1. The van der Waals surface area contributed by atoms with E-state index in [-0.39, 0.29) is 24.4 Å². The highest BCUT2D eigenvalue weighted by molar-refractivity contribution is 5.85. The van der Waals surface area contributed by atoms with Crippen molar-refractivity contribution in [1.29, 1.82) is 0 Å². The highest BCUT2D eigenvalue weighted by atomic mass is 35.5. The van der Waals surface area contributed by atoms with Crippen LogP contribution in [0.2, 0.25) is 0 Å². The molecular weight excluding hydrogens is 327 g/mol. The first-order valence-corrected chi connectivity index (χ1v) is 6.84. The number of nitrogens with zero attached hydrogens (tertiary/aromatic N) is 1. The number of hydrogen-bond donors (Lipinski definition) is 1. The van der Waals surface area contributed by atoms with E-state index in [0.717, 1.165) is 6.07 Å². The summed E-state index contributed by atoms with van der Waals surface area (Å²) < 4.78 is 64.7. The number of rotatable bonds is 4. The van der Waals surface area contributed by atoms with E-state index in [2.05, 4.69) is 5.32 Å². The molecule has 1 aromatic rings. The van der Waals surface area contributed by atoms with Crippen LogP contribution in [-0.4, -0.2) is 37.3 Å². The van der Waals surface area contributed by atoms with E-state index >= 15 is 0 Å². The van der Waals surface area contributed by atoms with Crippen LogP contribution < -0.4 is 5.32 Å². The van der Waals surface area contributed by atoms with Gasteiger partial charge in [0.1, 0.15) is 0 Å². The van der Waals surface area contributed by atoms with Crippen molar-refractivity contribution in [1.82, 2.24) is 10.2 Å². The maximum atomic E-state index is 13.9. The largest absolute Gasteiger partial charge is 0.389 e. The fraction of sp³-hybridized carbons (Fsp3) is 0.571. The molecule has 0 aliphatic carbocycles. The van der Waals surface area contributed by atoms with E-state index in [0.29, 0.717) is 26.2 Å². The third-order valence-electron chi connectivity index (χ3n) is 3.63. The molecule has 2 rings (SSSR count). The summed E-state index contributed by atoms with van der Waals surface area (Å²) in [4.78, 5) is 1.78. The molecule has 0 saturated carbocycles. The molecule has 126 valence electrons. The lowest BCUT2D eigenvalue weighted by atomic mass is 9.98. The standard InChI is InChI=1S/C14H17F5N2.ClH/c15-11-3-1-2-10(13(11)16)12(4-5-14(17,18)19)21-8-6-20-7-9-21;/h1-3,12,20H,4-9H2;1H/t12-;/m0./s1. The van der Waals surface area contributed by atoms with Crippen LogP contribution in [0.4, 0.5) is 22.0 Å². The predicted molar refractivity (Wildman–Crippen MR) is 76.1 cm³/mol. The molecular formula is C14H18ClF5N2. The Kier molecular flexibility index (Phi) is 7.02. The van der Waals surface area contributed by atoms with Crippen molar-refractivity contribution in [2.75, 3.05) is 26.2 Å². The number of hydrogen-bond acceptors (Lipinski definition) is 2. The second-order valence-electron chi connectivity index (χ2n) is 5.10. The normalized spacial score (nSPS) is 17.9. The predicted octanol–water partition coefficient (Wildman–Crippen LogP) is 3.68. The minimum absolute atomic E-state index is 0. The lowest BCUT2D eigenvalue weighted by Crippen LogP contribution is -2.45. The molecule has 0 spiro atoms. The molecule has 1 saturated heterocycles. The monoisotopic (exact) mass is 344 g/mol. The molecule has 0 radical (unpaired) electrons. The van der Waals surface area contributed by atoms with E-state index in [4.69, 9.17) is 0 Å². The Hall–Kier alpha value is -0.920. The molecule has 1 fully saturated rings. The van der Waals surface area contributed by atoms with E-state index < -0.39 is 30.3 Å². The molecule has 0 aromatic heterocycles. The van der Waals surface area contributed by atoms with Crippen molar-refractivity contribution in [3.63, 3.8) is 0 Å². The van der Waals surface area contributed by atoms with Gasteiger partial charge in [-0.2, -0.15) is 13.2 Å². The molecule has 0 unspecified atom stereocenters. The summed E-state index contributed by atoms with van der Waals surface area (Å²) in [6.07, 6.45) is -5.60. The molecule has 0 bridgehead atoms. The molecule has 22 heavy (non-hydrogen) atoms. The average molecular weight is 345 g/mol. The van der Waals surface area contributed by atoms with Crippen LogP contribution in [0.1, 0.15) is 24.4 Å². The molecule has 1 atom stereocenters. The van der Waals surface area contributed by atoms with Gasteiger partial charge < -0.3 is 5.32 Å². The van der Waals surface area contributed by atoms with Gasteiger partial charge in [-0.3, -0.25) is 4.90 Å². The van der Waals surface area contributed by atoms with Gasteiger partial charge in [0, 0.05) is 44.2 Å². The highest BCUT2D eigenvalue weighted by Gasteiger charge is 2.32. The molecule has 1 N–H and O–H groups in total. The summed E-state index contributed by atoms with van der Waals surface area (Å²) >= 11 is 0. The SMILES string of the molecule is Cl.Fc1cccc([C@H](CCC(F)(F)F)N2CCNCC2)c1F. The summed E-state index contributed by atoms with van der Waals surface area (Å²) in [5.74, 6) is -2.08. The van der Waals surface area contributed by atoms with Crippen LogP contribution in [0.3, 0.4) is 0 Å². The number of halogens is 6. The summed E-state index contributed by atoms with van der Waals surface area (Å²) in [6, 6.07) is 2.90. The van der Waals surface area contributed by atoms with E-state index in [1.165, 1.54) is 12.1 Å². The Morgan fingerprint density at radius 2 is 1.77 bits per heavy atom. The van der Waals surface area contributed by atoms with Gasteiger partial charge in [0.15, 0.2) is 11.6 Å². The summed E-state index contributed by atoms with van der Waals surface area (Å²) in [7, 11) is 0. The van der Waals surface area contributed by atoms with E-state index in [9.17, 15) is 22.0 Å². The summed E-state index contributed by atoms with van der Waals surface area (Å²) in [5.41, 5.74) is 0.00106. The van der Waals surface area contributed by atoms with Crippen LogP contribution in [0, 0.1) is 11.6 Å². The van der Waals surface area contributed by atoms with Crippen LogP contribution in [0.25, 0.3) is 0 Å². The quantitative estimate of drug-likeness (QED) is 0.838. The topological polar surface area (TPSA) is 15.3 Å². The van der Waals surface area contributed by atoms with Gasteiger partial charge in [-0.15, -0.1) is 12.4 Å². The zero-order valence-corrected chi connectivity index (χ0v) is 12.6. The summed E-state index contributed by atoms with van der Waals surface area (Å²) in [6.45, 7) is 2.27. The van der Waals surface area contributed by atoms with Crippen LogP contribution >= 0.6 is 12.4 Å². The molecule has 1 aliphatic rings. The molecule has 0 amide bonds. The first-order chi connectivity index (χ1) is 9.88. The second-order valence-corrected chi connectivity index (χ2v) is 5.10. The van der Waals surface area contributed by atoms with Gasteiger partial charge in [-0.1, -0.05) is 12.1 Å². The van der Waals surface area contributed by atoms with Crippen molar-refractivity contribution in [3.8, 4) is 0 Å². The minimum Gasteiger partial charge on any atom is -0.314 e. The fourth-order valence-electron chi connectivity index (χ4n) is 2.61. The molecule has 1 heterocycles.